The summed E-state index contributed by atoms with van der Waals surface area (Å²) in [4.78, 5) is 0. The molecule has 3 aromatic rings. The maximum atomic E-state index is 10.3. The molecule has 2 atom stereocenters. The summed E-state index contributed by atoms with van der Waals surface area (Å²) in [5, 5.41) is 10.0. The lowest BCUT2D eigenvalue weighted by Crippen LogP contribution is -2.64. The van der Waals surface area contributed by atoms with Crippen LogP contribution < -0.4 is 0 Å². The van der Waals surface area contributed by atoms with Crippen molar-refractivity contribution in [2.75, 3.05) is 19.8 Å². The molecule has 4 nitrogen and oxygen atoms in total. The van der Waals surface area contributed by atoms with Gasteiger partial charge in [-0.2, -0.15) is 0 Å². The second kappa shape index (κ2) is 10.8. The van der Waals surface area contributed by atoms with Gasteiger partial charge in [-0.15, -0.1) is 0 Å². The van der Waals surface area contributed by atoms with Crippen molar-refractivity contribution < 1.29 is 18.7 Å². The molecule has 0 radical (unpaired) electrons. The molecule has 4 rings (SSSR count). The molecule has 0 unspecified atom stereocenters. The fourth-order valence-electron chi connectivity index (χ4n) is 5.90. The van der Waals surface area contributed by atoms with Gasteiger partial charge in [-0.05, 0) is 16.7 Å². The maximum absolute atomic E-state index is 10.3. The number of hydrogen-bond donors (Lipinski definition) is 1. The van der Waals surface area contributed by atoms with E-state index in [0.717, 1.165) is 16.7 Å². The fraction of sp³-hybridized carbons (Fsp3) is 0.438. The van der Waals surface area contributed by atoms with Crippen LogP contribution >= 0.6 is 0 Å². The van der Waals surface area contributed by atoms with Crippen molar-refractivity contribution in [1.29, 1.82) is 0 Å². The molecule has 3 aromatic carbocycles. The first-order valence-corrected chi connectivity index (χ1v) is 15.1. The molecule has 0 amide bonds. The molecule has 0 aromatic heterocycles. The smallest absolute Gasteiger partial charge is 0.349 e. The highest BCUT2D eigenvalue weighted by molar-refractivity contribution is 6.73. The number of aliphatic hydroxyl groups excluding tert-OH is 1. The van der Waals surface area contributed by atoms with Crippen molar-refractivity contribution in [3.63, 3.8) is 0 Å². The Morgan fingerprint density at radius 3 is 1.49 bits per heavy atom. The van der Waals surface area contributed by atoms with E-state index < -0.39 is 14.2 Å². The molecule has 1 aliphatic heterocycles. The van der Waals surface area contributed by atoms with Crippen LogP contribution in [0.15, 0.2) is 91.0 Å². The molecule has 0 aliphatic carbocycles. The maximum Gasteiger partial charge on any atom is 0.349 e. The zero-order valence-electron chi connectivity index (χ0n) is 23.1. The fourth-order valence-corrected chi connectivity index (χ4v) is 10.9. The van der Waals surface area contributed by atoms with Crippen LogP contribution in [0.2, 0.25) is 10.1 Å². The van der Waals surface area contributed by atoms with E-state index in [2.05, 4.69) is 114 Å². The quantitative estimate of drug-likeness (QED) is 0.269. The van der Waals surface area contributed by atoms with Crippen LogP contribution in [-0.2, 0) is 19.2 Å². The van der Waals surface area contributed by atoms with Gasteiger partial charge in [-0.25, -0.2) is 0 Å². The average Bonchev–Trinajstić information content (AvgIpc) is 2.89. The van der Waals surface area contributed by atoms with Crippen LogP contribution in [0, 0.1) is 5.92 Å². The van der Waals surface area contributed by atoms with Crippen molar-refractivity contribution in [3.05, 3.63) is 108 Å². The van der Waals surface area contributed by atoms with Gasteiger partial charge in [0, 0.05) is 22.6 Å². The van der Waals surface area contributed by atoms with Crippen molar-refractivity contribution >= 4 is 8.56 Å². The van der Waals surface area contributed by atoms with Crippen LogP contribution in [0.1, 0.15) is 58.2 Å². The Hall–Kier alpha value is -2.28. The van der Waals surface area contributed by atoms with E-state index in [1.807, 2.05) is 18.2 Å². The Balaban J connectivity index is 1.80. The van der Waals surface area contributed by atoms with Gasteiger partial charge in [0.15, 0.2) is 0 Å². The summed E-state index contributed by atoms with van der Waals surface area (Å²) in [5.74, 6) is -0.162. The van der Waals surface area contributed by atoms with E-state index in [4.69, 9.17) is 13.6 Å². The van der Waals surface area contributed by atoms with E-state index in [9.17, 15) is 5.11 Å². The second-order valence-corrected chi connectivity index (χ2v) is 16.9. The van der Waals surface area contributed by atoms with Crippen LogP contribution in [0.3, 0.4) is 0 Å². The Bertz CT molecular complexity index is 1010. The summed E-state index contributed by atoms with van der Waals surface area (Å²) >= 11 is 0. The van der Waals surface area contributed by atoms with Gasteiger partial charge >= 0.3 is 8.56 Å². The van der Waals surface area contributed by atoms with Gasteiger partial charge in [-0.3, -0.25) is 0 Å². The normalized spacial score (nSPS) is 20.5. The minimum absolute atomic E-state index is 0.0121. The van der Waals surface area contributed by atoms with Gasteiger partial charge in [0.1, 0.15) is 5.60 Å². The monoisotopic (exact) mass is 518 g/mol. The molecule has 0 bridgehead atoms. The Morgan fingerprint density at radius 1 is 0.730 bits per heavy atom. The number of aliphatic hydroxyl groups is 1. The Kier molecular flexibility index (Phi) is 8.12. The molecule has 0 spiro atoms. The standard InChI is InChI=1S/C32H42O4Si/c1-30(2,3)37(31(4,5)6)35-23-25(22-33)29(36-37)24-34-32(26-16-10-7-11-17-26,27-18-12-8-13-19-27)28-20-14-9-15-21-28/h7-21,25,29,33H,22-24H2,1-6H3/t25-,29+/m0/s1. The zero-order valence-corrected chi connectivity index (χ0v) is 24.1. The largest absolute Gasteiger partial charge is 0.396 e. The van der Waals surface area contributed by atoms with Crippen molar-refractivity contribution in [2.45, 2.75) is 63.3 Å². The third-order valence-corrected chi connectivity index (χ3v) is 12.7. The van der Waals surface area contributed by atoms with Crippen LogP contribution in [0.4, 0.5) is 0 Å². The van der Waals surface area contributed by atoms with E-state index in [0.29, 0.717) is 13.2 Å². The highest BCUT2D eigenvalue weighted by Gasteiger charge is 2.62. The minimum atomic E-state index is -2.73. The predicted octanol–water partition coefficient (Wildman–Crippen LogP) is 7.06. The summed E-state index contributed by atoms with van der Waals surface area (Å²) < 4.78 is 20.8. The summed E-state index contributed by atoms with van der Waals surface area (Å²) in [7, 11) is -2.73. The van der Waals surface area contributed by atoms with Gasteiger partial charge in [-0.1, -0.05) is 133 Å². The number of hydrogen-bond acceptors (Lipinski definition) is 4. The van der Waals surface area contributed by atoms with Gasteiger partial charge in [0.25, 0.3) is 0 Å². The molecular formula is C32H42O4Si. The predicted molar refractivity (Wildman–Crippen MR) is 152 cm³/mol. The number of benzene rings is 3. The molecule has 1 fully saturated rings. The van der Waals surface area contributed by atoms with Gasteiger partial charge in [0.2, 0.25) is 0 Å². The number of rotatable bonds is 7. The van der Waals surface area contributed by atoms with Gasteiger partial charge < -0.3 is 18.7 Å². The lowest BCUT2D eigenvalue weighted by atomic mass is 9.80. The highest BCUT2D eigenvalue weighted by Crippen LogP contribution is 2.55. The zero-order chi connectivity index (χ0) is 26.7. The lowest BCUT2D eigenvalue weighted by molar-refractivity contribution is -0.103. The molecule has 1 N–H and O–H groups in total. The van der Waals surface area contributed by atoms with Crippen LogP contribution in [-0.4, -0.2) is 39.6 Å². The molecule has 198 valence electrons. The van der Waals surface area contributed by atoms with E-state index in [1.54, 1.807) is 0 Å². The third-order valence-electron chi connectivity index (χ3n) is 7.56. The topological polar surface area (TPSA) is 47.9 Å². The summed E-state index contributed by atoms with van der Waals surface area (Å²) in [6.07, 6.45) is -0.292. The highest BCUT2D eigenvalue weighted by atomic mass is 28.4. The molecule has 1 aliphatic rings. The first kappa shape index (κ1) is 27.7. The summed E-state index contributed by atoms with van der Waals surface area (Å²) in [6, 6.07) is 31.1. The average molecular weight is 519 g/mol. The SMILES string of the molecule is CC(C)(C)[Si]1(C(C)(C)C)OC[C@H](CO)[C@@H](COC(c2ccccc2)(c2ccccc2)c2ccccc2)O1. The minimum Gasteiger partial charge on any atom is -0.396 e. The molecule has 37 heavy (non-hydrogen) atoms. The van der Waals surface area contributed by atoms with Crippen molar-refractivity contribution in [3.8, 4) is 0 Å². The Morgan fingerprint density at radius 2 is 1.14 bits per heavy atom. The molecule has 1 saturated heterocycles. The first-order valence-electron chi connectivity index (χ1n) is 13.3. The summed E-state index contributed by atoms with van der Waals surface area (Å²) in [5.41, 5.74) is 2.32. The molecule has 5 heteroatoms. The van der Waals surface area contributed by atoms with Crippen LogP contribution in [0.5, 0.6) is 0 Å². The van der Waals surface area contributed by atoms with E-state index in [1.165, 1.54) is 0 Å². The molecule has 0 saturated carbocycles. The van der Waals surface area contributed by atoms with E-state index in [-0.39, 0.29) is 28.7 Å². The molecule has 1 heterocycles. The third kappa shape index (κ3) is 5.21. The number of ether oxygens (including phenoxy) is 1. The summed E-state index contributed by atoms with van der Waals surface area (Å²) in [6.45, 7) is 14.1. The Labute approximate surface area is 223 Å². The second-order valence-electron chi connectivity index (χ2n) is 12.1. The van der Waals surface area contributed by atoms with E-state index >= 15 is 0 Å². The van der Waals surface area contributed by atoms with Crippen LogP contribution in [0.25, 0.3) is 0 Å². The van der Waals surface area contributed by atoms with Crippen molar-refractivity contribution in [2.24, 2.45) is 5.92 Å². The van der Waals surface area contributed by atoms with Gasteiger partial charge in [0.05, 0.1) is 19.3 Å². The first-order chi connectivity index (χ1) is 17.5. The van der Waals surface area contributed by atoms with Crippen molar-refractivity contribution in [1.82, 2.24) is 0 Å². The lowest BCUT2D eigenvalue weighted by Gasteiger charge is -2.54. The molecular weight excluding hydrogens is 476 g/mol.